The van der Waals surface area contributed by atoms with E-state index in [0.29, 0.717) is 24.0 Å². The molecule has 4 rings (SSSR count). The highest BCUT2D eigenvalue weighted by atomic mass is 15.5. The predicted molar refractivity (Wildman–Crippen MR) is 59.6 cm³/mol. The highest BCUT2D eigenvalue weighted by Gasteiger charge is 2.45. The number of hydrogen-bond donors (Lipinski definition) is 3. The Morgan fingerprint density at radius 1 is 1.11 bits per heavy atom. The van der Waals surface area contributed by atoms with Crippen molar-refractivity contribution in [2.24, 2.45) is 0 Å². The number of nitrogens with zero attached hydrogens (tertiary/aromatic N) is 8. The van der Waals surface area contributed by atoms with Gasteiger partial charge in [-0.1, -0.05) is 10.4 Å². The van der Waals surface area contributed by atoms with Crippen LogP contribution in [0.15, 0.2) is 12.4 Å². The summed E-state index contributed by atoms with van der Waals surface area (Å²) in [4.78, 5) is 4.25. The Hall–Kier alpha value is -2.85. The molecule has 96 valence electrons. The molecule has 0 saturated carbocycles. The van der Waals surface area contributed by atoms with Crippen LogP contribution in [0.4, 0.5) is 5.95 Å². The second kappa shape index (κ2) is 3.57. The lowest BCUT2D eigenvalue weighted by Crippen LogP contribution is -2.44. The molecule has 4 heterocycles. The molecular weight excluding hydrogens is 250 g/mol. The molecule has 1 aliphatic heterocycles. The summed E-state index contributed by atoms with van der Waals surface area (Å²) in [5.74, 6) is 1.63. The molecule has 0 aromatic carbocycles. The zero-order chi connectivity index (χ0) is 12.7. The maximum Gasteiger partial charge on any atom is 0.207 e. The highest BCUT2D eigenvalue weighted by molar-refractivity contribution is 5.40. The monoisotopic (exact) mass is 259 g/mol. The largest absolute Gasteiger partial charge is 0.336 e. The summed E-state index contributed by atoms with van der Waals surface area (Å²) in [5.41, 5.74) is -0.776. The van der Waals surface area contributed by atoms with Crippen LogP contribution >= 0.6 is 0 Å². The summed E-state index contributed by atoms with van der Waals surface area (Å²) in [6, 6.07) is 0. The summed E-state index contributed by atoms with van der Waals surface area (Å²) < 4.78 is 2.00. The lowest BCUT2D eigenvalue weighted by Gasteiger charge is -2.33. The standard InChI is InChI=1S/C8H9N11/c1-3-19-4-2-9-7(19)10-8(1,5-11-15-16-12-5)6-13-17-18-14-6/h2,4H,1,3H2,(H,9,10)(H,11,12,15,16)(H,13,14,17,18). The normalized spacial score (nSPS) is 16.8. The van der Waals surface area contributed by atoms with Crippen molar-refractivity contribution < 1.29 is 0 Å². The number of aromatic nitrogens is 10. The first-order valence-corrected chi connectivity index (χ1v) is 5.66. The van der Waals surface area contributed by atoms with Gasteiger partial charge in [-0.2, -0.15) is 10.4 Å². The van der Waals surface area contributed by atoms with Crippen molar-refractivity contribution in [1.29, 1.82) is 0 Å². The van der Waals surface area contributed by atoms with Crippen LogP contribution in [0, 0.1) is 0 Å². The fourth-order valence-corrected chi connectivity index (χ4v) is 2.28. The zero-order valence-corrected chi connectivity index (χ0v) is 9.65. The van der Waals surface area contributed by atoms with E-state index >= 15 is 0 Å². The number of tetrazole rings is 2. The van der Waals surface area contributed by atoms with Crippen LogP contribution in [0.2, 0.25) is 0 Å². The molecule has 11 nitrogen and oxygen atoms in total. The molecule has 0 bridgehead atoms. The molecule has 19 heavy (non-hydrogen) atoms. The third kappa shape index (κ3) is 1.34. The second-order valence-electron chi connectivity index (χ2n) is 4.20. The molecule has 0 radical (unpaired) electrons. The Kier molecular flexibility index (Phi) is 1.90. The van der Waals surface area contributed by atoms with Gasteiger partial charge in [-0.15, -0.1) is 20.4 Å². The molecule has 11 heteroatoms. The fraction of sp³-hybridized carbons (Fsp3) is 0.375. The molecule has 0 amide bonds. The summed E-state index contributed by atoms with van der Waals surface area (Å²) in [7, 11) is 0. The van der Waals surface area contributed by atoms with E-state index in [1.54, 1.807) is 6.20 Å². The minimum absolute atomic E-state index is 0.461. The number of imidazole rings is 1. The second-order valence-corrected chi connectivity index (χ2v) is 4.20. The van der Waals surface area contributed by atoms with E-state index < -0.39 is 5.54 Å². The average Bonchev–Trinajstić information content (AvgIpc) is 3.19. The Bertz CT molecular complexity index is 631. The smallest absolute Gasteiger partial charge is 0.207 e. The van der Waals surface area contributed by atoms with E-state index in [2.05, 4.69) is 51.5 Å². The number of rotatable bonds is 2. The van der Waals surface area contributed by atoms with Crippen LogP contribution in [0.1, 0.15) is 18.1 Å². The van der Waals surface area contributed by atoms with Crippen LogP contribution in [0.3, 0.4) is 0 Å². The quantitative estimate of drug-likeness (QED) is 0.514. The van der Waals surface area contributed by atoms with Crippen molar-refractivity contribution in [2.45, 2.75) is 18.5 Å². The van der Waals surface area contributed by atoms with Gasteiger partial charge in [-0.25, -0.2) is 4.98 Å². The number of nitrogens with one attached hydrogen (secondary N) is 3. The Balaban J connectivity index is 1.87. The predicted octanol–water partition coefficient (Wildman–Crippen LogP) is -1.33. The number of H-pyrrole nitrogens is 2. The van der Waals surface area contributed by atoms with E-state index in [4.69, 9.17) is 0 Å². The van der Waals surface area contributed by atoms with E-state index in [1.807, 2.05) is 10.8 Å². The maximum atomic E-state index is 4.25. The molecule has 1 aliphatic rings. The van der Waals surface area contributed by atoms with Crippen molar-refractivity contribution in [3.8, 4) is 0 Å². The molecule has 0 atom stereocenters. The molecule has 0 aliphatic carbocycles. The average molecular weight is 259 g/mol. The van der Waals surface area contributed by atoms with Gasteiger partial charge in [0, 0.05) is 25.4 Å². The molecule has 0 unspecified atom stereocenters. The highest BCUT2D eigenvalue weighted by Crippen LogP contribution is 2.35. The lowest BCUT2D eigenvalue weighted by atomic mass is 9.92. The van der Waals surface area contributed by atoms with Gasteiger partial charge in [-0.3, -0.25) is 0 Å². The van der Waals surface area contributed by atoms with Gasteiger partial charge in [0.05, 0.1) is 0 Å². The number of anilines is 1. The van der Waals surface area contributed by atoms with Crippen LogP contribution < -0.4 is 5.32 Å². The van der Waals surface area contributed by atoms with Crippen LogP contribution in [0.5, 0.6) is 0 Å². The topological polar surface area (TPSA) is 139 Å². The van der Waals surface area contributed by atoms with Crippen LogP contribution in [-0.2, 0) is 12.1 Å². The van der Waals surface area contributed by atoms with Crippen molar-refractivity contribution in [3.05, 3.63) is 24.0 Å². The molecule has 3 aromatic heterocycles. The third-order valence-electron chi connectivity index (χ3n) is 3.22. The van der Waals surface area contributed by atoms with E-state index in [0.717, 1.165) is 6.54 Å². The first-order valence-electron chi connectivity index (χ1n) is 5.66. The van der Waals surface area contributed by atoms with Gasteiger partial charge in [0.15, 0.2) is 5.54 Å². The fourth-order valence-electron chi connectivity index (χ4n) is 2.28. The number of hydrogen-bond acceptors (Lipinski definition) is 8. The van der Waals surface area contributed by atoms with E-state index in [1.165, 1.54) is 0 Å². The van der Waals surface area contributed by atoms with Gasteiger partial charge in [0.2, 0.25) is 17.6 Å². The first kappa shape index (κ1) is 10.1. The van der Waals surface area contributed by atoms with Gasteiger partial charge in [0.1, 0.15) is 0 Å². The SMILES string of the molecule is c1cn2c(n1)NC(c1nn[nH]n1)(c1nn[nH]n1)CC2. The lowest BCUT2D eigenvalue weighted by molar-refractivity contribution is 0.405. The zero-order valence-electron chi connectivity index (χ0n) is 9.65. The van der Waals surface area contributed by atoms with Crippen molar-refractivity contribution in [3.63, 3.8) is 0 Å². The van der Waals surface area contributed by atoms with Crippen LogP contribution in [0.25, 0.3) is 0 Å². The minimum atomic E-state index is -0.776. The number of aromatic amines is 2. The van der Waals surface area contributed by atoms with E-state index in [9.17, 15) is 0 Å². The Labute approximate surface area is 105 Å². The summed E-state index contributed by atoms with van der Waals surface area (Å²) >= 11 is 0. The summed E-state index contributed by atoms with van der Waals surface area (Å²) in [6.45, 7) is 0.741. The van der Waals surface area contributed by atoms with Gasteiger partial charge in [0.25, 0.3) is 0 Å². The summed E-state index contributed by atoms with van der Waals surface area (Å²) in [5, 5.41) is 31.6. The Morgan fingerprint density at radius 3 is 2.47 bits per heavy atom. The number of aryl methyl sites for hydroxylation is 1. The van der Waals surface area contributed by atoms with Gasteiger partial charge in [-0.05, 0) is 0 Å². The van der Waals surface area contributed by atoms with Crippen molar-refractivity contribution in [2.75, 3.05) is 5.32 Å². The van der Waals surface area contributed by atoms with Gasteiger partial charge < -0.3 is 9.88 Å². The third-order valence-corrected chi connectivity index (χ3v) is 3.22. The molecular formula is C8H9N11. The molecule has 0 saturated heterocycles. The molecule has 3 N–H and O–H groups in total. The number of fused-ring (bicyclic) bond motifs is 1. The minimum Gasteiger partial charge on any atom is -0.336 e. The van der Waals surface area contributed by atoms with Gasteiger partial charge >= 0.3 is 0 Å². The van der Waals surface area contributed by atoms with Crippen LogP contribution in [-0.4, -0.2) is 50.8 Å². The maximum absolute atomic E-state index is 4.25. The summed E-state index contributed by atoms with van der Waals surface area (Å²) in [6.07, 6.45) is 4.29. The molecule has 0 fully saturated rings. The molecule has 0 spiro atoms. The van der Waals surface area contributed by atoms with Crippen molar-refractivity contribution in [1.82, 2.24) is 50.8 Å². The molecule has 3 aromatic rings. The first-order chi connectivity index (χ1) is 9.38. The van der Waals surface area contributed by atoms with E-state index in [-0.39, 0.29) is 0 Å². The Morgan fingerprint density at radius 2 is 1.84 bits per heavy atom. The van der Waals surface area contributed by atoms with Crippen molar-refractivity contribution >= 4 is 5.95 Å².